The first-order valence-corrected chi connectivity index (χ1v) is 6.55. The molecular formula is C14H21N3O. The van der Waals surface area contributed by atoms with Crippen molar-refractivity contribution in [1.29, 1.82) is 0 Å². The third-order valence-electron chi connectivity index (χ3n) is 2.98. The lowest BCUT2D eigenvalue weighted by atomic mass is 10.3. The number of anilines is 1. The summed E-state index contributed by atoms with van der Waals surface area (Å²) in [5, 5.41) is 3.34. The van der Waals surface area contributed by atoms with Gasteiger partial charge in [0, 0.05) is 20.2 Å². The minimum absolute atomic E-state index is 0.691. The van der Waals surface area contributed by atoms with Crippen LogP contribution in [0.4, 0.5) is 5.95 Å². The number of nitrogens with zero attached hydrogens (tertiary/aromatic N) is 2. The summed E-state index contributed by atoms with van der Waals surface area (Å²) in [5.41, 5.74) is 2.25. The Morgan fingerprint density at radius 1 is 1.33 bits per heavy atom. The van der Waals surface area contributed by atoms with E-state index < -0.39 is 0 Å². The standard InChI is InChI=1S/C14H21N3O/c1-3-4-10-17-13-8-6-5-7-12(13)16-14(17)15-9-11-18-2/h5-8H,3-4,9-11H2,1-2H3,(H,15,16). The molecule has 4 heteroatoms. The molecule has 0 fully saturated rings. The molecule has 0 aliphatic rings. The maximum Gasteiger partial charge on any atom is 0.203 e. The Morgan fingerprint density at radius 3 is 2.94 bits per heavy atom. The van der Waals surface area contributed by atoms with E-state index >= 15 is 0 Å². The Hall–Kier alpha value is -1.55. The van der Waals surface area contributed by atoms with E-state index in [-0.39, 0.29) is 0 Å². The quantitative estimate of drug-likeness (QED) is 0.765. The maximum absolute atomic E-state index is 5.06. The number of nitrogens with one attached hydrogen (secondary N) is 1. The highest BCUT2D eigenvalue weighted by Gasteiger charge is 2.08. The zero-order valence-electron chi connectivity index (χ0n) is 11.1. The minimum Gasteiger partial charge on any atom is -0.383 e. The van der Waals surface area contributed by atoms with Gasteiger partial charge in [-0.3, -0.25) is 0 Å². The fourth-order valence-electron chi connectivity index (χ4n) is 2.02. The number of fused-ring (bicyclic) bond motifs is 1. The lowest BCUT2D eigenvalue weighted by molar-refractivity contribution is 0.210. The van der Waals surface area contributed by atoms with Crippen molar-refractivity contribution < 1.29 is 4.74 Å². The first kappa shape index (κ1) is 12.9. The van der Waals surface area contributed by atoms with Crippen LogP contribution >= 0.6 is 0 Å². The molecule has 0 spiro atoms. The molecule has 2 aromatic rings. The molecule has 0 aliphatic carbocycles. The van der Waals surface area contributed by atoms with Gasteiger partial charge in [-0.25, -0.2) is 4.98 Å². The lowest BCUT2D eigenvalue weighted by Gasteiger charge is -2.09. The average molecular weight is 247 g/mol. The first-order chi connectivity index (χ1) is 8.86. The number of para-hydroxylation sites is 2. The fourth-order valence-corrected chi connectivity index (χ4v) is 2.02. The van der Waals surface area contributed by atoms with E-state index in [1.165, 1.54) is 18.4 Å². The van der Waals surface area contributed by atoms with Crippen molar-refractivity contribution in [3.63, 3.8) is 0 Å². The number of imidazole rings is 1. The highest BCUT2D eigenvalue weighted by atomic mass is 16.5. The van der Waals surface area contributed by atoms with Crippen LogP contribution in [-0.2, 0) is 11.3 Å². The molecular weight excluding hydrogens is 226 g/mol. The molecule has 0 atom stereocenters. The summed E-state index contributed by atoms with van der Waals surface area (Å²) in [6.45, 7) is 4.69. The van der Waals surface area contributed by atoms with Gasteiger partial charge in [-0.15, -0.1) is 0 Å². The summed E-state index contributed by atoms with van der Waals surface area (Å²) >= 11 is 0. The Labute approximate surface area is 108 Å². The van der Waals surface area contributed by atoms with Crippen LogP contribution in [0.2, 0.25) is 0 Å². The molecule has 18 heavy (non-hydrogen) atoms. The zero-order chi connectivity index (χ0) is 12.8. The molecule has 4 nitrogen and oxygen atoms in total. The number of benzene rings is 1. The summed E-state index contributed by atoms with van der Waals surface area (Å²) < 4.78 is 7.32. The van der Waals surface area contributed by atoms with Gasteiger partial charge in [0.15, 0.2) is 0 Å². The van der Waals surface area contributed by atoms with Gasteiger partial charge in [0.05, 0.1) is 17.6 Å². The number of aromatic nitrogens is 2. The van der Waals surface area contributed by atoms with E-state index in [1.54, 1.807) is 7.11 Å². The van der Waals surface area contributed by atoms with Crippen LogP contribution in [0, 0.1) is 0 Å². The molecule has 0 saturated heterocycles. The average Bonchev–Trinajstić information content (AvgIpc) is 2.74. The summed E-state index contributed by atoms with van der Waals surface area (Å²) in [6, 6.07) is 8.27. The van der Waals surface area contributed by atoms with Crippen LogP contribution in [0.25, 0.3) is 11.0 Å². The molecule has 0 saturated carbocycles. The number of ether oxygens (including phenoxy) is 1. The number of aryl methyl sites for hydroxylation is 1. The molecule has 0 unspecified atom stereocenters. The van der Waals surface area contributed by atoms with E-state index in [4.69, 9.17) is 4.74 Å². The second-order valence-electron chi connectivity index (χ2n) is 4.35. The summed E-state index contributed by atoms with van der Waals surface area (Å²) in [6.07, 6.45) is 2.35. The van der Waals surface area contributed by atoms with E-state index in [0.29, 0.717) is 6.61 Å². The van der Waals surface area contributed by atoms with Gasteiger partial charge in [0.1, 0.15) is 0 Å². The van der Waals surface area contributed by atoms with Crippen molar-refractivity contribution in [2.45, 2.75) is 26.3 Å². The van der Waals surface area contributed by atoms with Gasteiger partial charge in [-0.2, -0.15) is 0 Å². The Morgan fingerprint density at radius 2 is 2.17 bits per heavy atom. The van der Waals surface area contributed by atoms with E-state index in [0.717, 1.165) is 24.6 Å². The third kappa shape index (κ3) is 2.82. The molecule has 0 radical (unpaired) electrons. The molecule has 98 valence electrons. The van der Waals surface area contributed by atoms with Crippen LogP contribution in [0.5, 0.6) is 0 Å². The number of hydrogen-bond donors (Lipinski definition) is 1. The Kier molecular flexibility index (Phi) is 4.59. The SMILES string of the molecule is CCCCn1c(NCCOC)nc2ccccc21. The summed E-state index contributed by atoms with van der Waals surface area (Å²) in [7, 11) is 1.71. The molecule has 2 rings (SSSR count). The summed E-state index contributed by atoms with van der Waals surface area (Å²) in [4.78, 5) is 4.63. The number of unbranched alkanes of at least 4 members (excludes halogenated alkanes) is 1. The van der Waals surface area contributed by atoms with Crippen LogP contribution in [0.3, 0.4) is 0 Å². The van der Waals surface area contributed by atoms with Gasteiger partial charge in [-0.1, -0.05) is 25.5 Å². The highest BCUT2D eigenvalue weighted by Crippen LogP contribution is 2.20. The smallest absolute Gasteiger partial charge is 0.203 e. The largest absolute Gasteiger partial charge is 0.383 e. The summed E-state index contributed by atoms with van der Waals surface area (Å²) in [5.74, 6) is 0.946. The van der Waals surface area contributed by atoms with Gasteiger partial charge >= 0.3 is 0 Å². The van der Waals surface area contributed by atoms with Gasteiger partial charge in [0.2, 0.25) is 5.95 Å². The zero-order valence-corrected chi connectivity index (χ0v) is 11.1. The van der Waals surface area contributed by atoms with Crippen LogP contribution in [0.1, 0.15) is 19.8 Å². The van der Waals surface area contributed by atoms with Crippen molar-refractivity contribution in [1.82, 2.24) is 9.55 Å². The normalized spacial score (nSPS) is 11.0. The van der Waals surface area contributed by atoms with Crippen molar-refractivity contribution in [2.75, 3.05) is 25.6 Å². The number of hydrogen-bond acceptors (Lipinski definition) is 3. The van der Waals surface area contributed by atoms with Crippen molar-refractivity contribution in [3.05, 3.63) is 24.3 Å². The number of methoxy groups -OCH3 is 1. The van der Waals surface area contributed by atoms with Gasteiger partial charge in [-0.05, 0) is 18.6 Å². The number of rotatable bonds is 7. The molecule has 1 N–H and O–H groups in total. The first-order valence-electron chi connectivity index (χ1n) is 6.55. The van der Waals surface area contributed by atoms with Crippen molar-refractivity contribution in [3.8, 4) is 0 Å². The van der Waals surface area contributed by atoms with Gasteiger partial charge in [0.25, 0.3) is 0 Å². The second-order valence-corrected chi connectivity index (χ2v) is 4.35. The van der Waals surface area contributed by atoms with Crippen molar-refractivity contribution in [2.24, 2.45) is 0 Å². The van der Waals surface area contributed by atoms with Gasteiger partial charge < -0.3 is 14.6 Å². The van der Waals surface area contributed by atoms with Crippen molar-refractivity contribution >= 4 is 17.0 Å². The molecule has 0 amide bonds. The fraction of sp³-hybridized carbons (Fsp3) is 0.500. The second kappa shape index (κ2) is 6.40. The Bertz CT molecular complexity index is 493. The van der Waals surface area contributed by atoms with Crippen LogP contribution in [0.15, 0.2) is 24.3 Å². The molecule has 0 aliphatic heterocycles. The molecule has 0 bridgehead atoms. The third-order valence-corrected chi connectivity index (χ3v) is 2.98. The Balaban J connectivity index is 2.25. The predicted molar refractivity (Wildman–Crippen MR) is 75.0 cm³/mol. The van der Waals surface area contributed by atoms with E-state index in [1.807, 2.05) is 6.07 Å². The van der Waals surface area contributed by atoms with E-state index in [2.05, 4.69) is 40.0 Å². The molecule has 1 aromatic heterocycles. The van der Waals surface area contributed by atoms with E-state index in [9.17, 15) is 0 Å². The molecule has 1 aromatic carbocycles. The van der Waals surface area contributed by atoms with Crippen LogP contribution in [-0.4, -0.2) is 29.8 Å². The highest BCUT2D eigenvalue weighted by molar-refractivity contribution is 5.78. The molecule has 1 heterocycles. The maximum atomic E-state index is 5.06. The lowest BCUT2D eigenvalue weighted by Crippen LogP contribution is -2.12. The minimum atomic E-state index is 0.691. The monoisotopic (exact) mass is 247 g/mol. The predicted octanol–water partition coefficient (Wildman–Crippen LogP) is 2.89. The topological polar surface area (TPSA) is 39.1 Å². The van der Waals surface area contributed by atoms with Crippen LogP contribution < -0.4 is 5.32 Å².